The Balaban J connectivity index is 1.36. The molecular formula is C19H20N2O3S2. The number of carbonyl (C=O) groups is 1. The van der Waals surface area contributed by atoms with Gasteiger partial charge < -0.3 is 20.5 Å². The lowest BCUT2D eigenvalue weighted by molar-refractivity contribution is 0.176. The summed E-state index contributed by atoms with van der Waals surface area (Å²) in [7, 11) is 0. The second-order valence-corrected chi connectivity index (χ2v) is 7.42. The van der Waals surface area contributed by atoms with E-state index in [2.05, 4.69) is 22.1 Å². The van der Waals surface area contributed by atoms with Gasteiger partial charge in [0.2, 0.25) is 0 Å². The molecule has 26 heavy (non-hydrogen) atoms. The maximum absolute atomic E-state index is 11.8. The van der Waals surface area contributed by atoms with Crippen LogP contribution in [0.25, 0.3) is 10.4 Å². The number of hydrogen-bond donors (Lipinski definition) is 3. The maximum atomic E-state index is 11.8. The summed E-state index contributed by atoms with van der Waals surface area (Å²) in [5.41, 5.74) is 1.16. The highest BCUT2D eigenvalue weighted by Gasteiger charge is 2.13. The fraction of sp³-hybridized carbons (Fsp3) is 0.211. The fourth-order valence-electron chi connectivity index (χ4n) is 2.29. The number of benzene rings is 1. The minimum absolute atomic E-state index is 0.162. The monoisotopic (exact) mass is 388 g/mol. The van der Waals surface area contributed by atoms with Crippen LogP contribution in [0.1, 0.15) is 11.0 Å². The summed E-state index contributed by atoms with van der Waals surface area (Å²) in [6.45, 7) is 0.933. The Morgan fingerprint density at radius 3 is 2.73 bits per heavy atom. The van der Waals surface area contributed by atoms with Crippen LogP contribution in [0.3, 0.4) is 0 Å². The number of aliphatic hydroxyl groups is 1. The summed E-state index contributed by atoms with van der Waals surface area (Å²) in [5.74, 6) is 0.768. The second-order valence-electron chi connectivity index (χ2n) is 5.53. The molecule has 136 valence electrons. The Labute approximate surface area is 160 Å². The lowest BCUT2D eigenvalue weighted by Crippen LogP contribution is -2.39. The van der Waals surface area contributed by atoms with Gasteiger partial charge in [0, 0.05) is 15.3 Å². The molecule has 0 radical (unpaired) electrons. The van der Waals surface area contributed by atoms with Gasteiger partial charge in [-0.1, -0.05) is 18.2 Å². The Kier molecular flexibility index (Phi) is 6.65. The van der Waals surface area contributed by atoms with Crippen LogP contribution in [-0.4, -0.2) is 30.8 Å². The third-order valence-electron chi connectivity index (χ3n) is 3.62. The molecule has 0 saturated carbocycles. The molecule has 2 heterocycles. The molecule has 3 aromatic rings. The summed E-state index contributed by atoms with van der Waals surface area (Å²) in [6, 6.07) is 15.0. The number of nitrogens with one attached hydrogen (secondary N) is 2. The molecule has 1 aromatic carbocycles. The number of hydrogen-bond acceptors (Lipinski definition) is 5. The van der Waals surface area contributed by atoms with Crippen LogP contribution in [0.15, 0.2) is 59.3 Å². The SMILES string of the molecule is O=C(NCCOc1ccccc1)NCC(O)c1ccc(-c2ccsc2)s1. The summed E-state index contributed by atoms with van der Waals surface area (Å²) in [4.78, 5) is 13.7. The van der Waals surface area contributed by atoms with E-state index in [1.54, 1.807) is 11.3 Å². The van der Waals surface area contributed by atoms with Gasteiger partial charge >= 0.3 is 6.03 Å². The van der Waals surface area contributed by atoms with Gasteiger partial charge in [-0.3, -0.25) is 0 Å². The summed E-state index contributed by atoms with van der Waals surface area (Å²) >= 11 is 3.18. The van der Waals surface area contributed by atoms with Gasteiger partial charge in [0.15, 0.2) is 0 Å². The normalized spacial score (nSPS) is 11.7. The molecule has 0 aliphatic rings. The van der Waals surface area contributed by atoms with Crippen molar-refractivity contribution in [2.24, 2.45) is 0 Å². The molecule has 0 aliphatic heterocycles. The molecule has 0 aliphatic carbocycles. The van der Waals surface area contributed by atoms with E-state index in [4.69, 9.17) is 4.74 Å². The average Bonchev–Trinajstić information content (AvgIpc) is 3.35. The van der Waals surface area contributed by atoms with E-state index in [0.29, 0.717) is 13.2 Å². The molecule has 0 bridgehead atoms. The number of urea groups is 1. The van der Waals surface area contributed by atoms with Gasteiger partial charge in [-0.05, 0) is 41.1 Å². The highest BCUT2D eigenvalue weighted by Crippen LogP contribution is 2.32. The van der Waals surface area contributed by atoms with Crippen LogP contribution in [0.4, 0.5) is 4.79 Å². The summed E-state index contributed by atoms with van der Waals surface area (Å²) in [5, 5.41) is 19.7. The average molecular weight is 389 g/mol. The smallest absolute Gasteiger partial charge is 0.315 e. The standard InChI is InChI=1S/C19H20N2O3S2/c22-16(18-7-6-17(26-18)14-8-11-25-13-14)12-21-19(23)20-9-10-24-15-4-2-1-3-5-15/h1-8,11,13,16,22H,9-10,12H2,(H2,20,21,23). The molecule has 3 rings (SSSR count). The van der Waals surface area contributed by atoms with Crippen molar-refractivity contribution in [2.75, 3.05) is 19.7 Å². The molecule has 1 unspecified atom stereocenters. The number of thiophene rings is 2. The predicted molar refractivity (Wildman–Crippen MR) is 106 cm³/mol. The van der Waals surface area contributed by atoms with Crippen LogP contribution in [0.5, 0.6) is 5.75 Å². The minimum Gasteiger partial charge on any atom is -0.492 e. The molecule has 1 atom stereocenters. The van der Waals surface area contributed by atoms with Crippen molar-refractivity contribution in [3.05, 3.63) is 64.2 Å². The number of aliphatic hydroxyl groups excluding tert-OH is 1. The van der Waals surface area contributed by atoms with E-state index in [-0.39, 0.29) is 12.6 Å². The largest absolute Gasteiger partial charge is 0.492 e. The molecule has 0 spiro atoms. The first-order chi connectivity index (χ1) is 12.7. The zero-order valence-corrected chi connectivity index (χ0v) is 15.7. The van der Waals surface area contributed by atoms with Gasteiger partial charge in [-0.15, -0.1) is 11.3 Å². The first-order valence-corrected chi connectivity index (χ1v) is 9.98. The molecule has 2 amide bonds. The van der Waals surface area contributed by atoms with Gasteiger partial charge in [-0.25, -0.2) is 4.79 Å². The van der Waals surface area contributed by atoms with Crippen LogP contribution in [-0.2, 0) is 0 Å². The predicted octanol–water partition coefficient (Wildman–Crippen LogP) is 3.89. The van der Waals surface area contributed by atoms with Crippen LogP contribution in [0, 0.1) is 0 Å². The number of rotatable bonds is 8. The Bertz CT molecular complexity index is 803. The first-order valence-electron chi connectivity index (χ1n) is 8.22. The van der Waals surface area contributed by atoms with Crippen molar-refractivity contribution in [1.29, 1.82) is 0 Å². The molecular weight excluding hydrogens is 368 g/mol. The summed E-state index contributed by atoms with van der Waals surface area (Å²) in [6.07, 6.45) is -0.723. The zero-order valence-electron chi connectivity index (χ0n) is 14.1. The second kappa shape index (κ2) is 9.38. The van der Waals surface area contributed by atoms with Crippen LogP contribution >= 0.6 is 22.7 Å². The molecule has 0 saturated heterocycles. The Hall–Kier alpha value is -2.35. The van der Waals surface area contributed by atoms with Gasteiger partial charge in [0.1, 0.15) is 18.5 Å². The van der Waals surface area contributed by atoms with E-state index < -0.39 is 6.10 Å². The molecule has 5 nitrogen and oxygen atoms in total. The third-order valence-corrected chi connectivity index (χ3v) is 5.54. The lowest BCUT2D eigenvalue weighted by Gasteiger charge is -2.12. The minimum atomic E-state index is -0.723. The van der Waals surface area contributed by atoms with E-state index in [1.807, 2.05) is 47.8 Å². The summed E-state index contributed by atoms with van der Waals surface area (Å²) < 4.78 is 5.50. The Morgan fingerprint density at radius 2 is 1.96 bits per heavy atom. The molecule has 0 fully saturated rings. The van der Waals surface area contributed by atoms with Crippen molar-refractivity contribution in [3.8, 4) is 16.2 Å². The van der Waals surface area contributed by atoms with Crippen molar-refractivity contribution in [3.63, 3.8) is 0 Å². The fourth-order valence-corrected chi connectivity index (χ4v) is 4.02. The first kappa shape index (κ1) is 18.4. The highest BCUT2D eigenvalue weighted by atomic mass is 32.1. The van der Waals surface area contributed by atoms with Crippen LogP contribution < -0.4 is 15.4 Å². The third kappa shape index (κ3) is 5.32. The lowest BCUT2D eigenvalue weighted by atomic mass is 10.2. The van der Waals surface area contributed by atoms with E-state index >= 15 is 0 Å². The van der Waals surface area contributed by atoms with E-state index in [0.717, 1.165) is 21.1 Å². The number of amides is 2. The molecule has 2 aromatic heterocycles. The number of carbonyl (C=O) groups excluding carboxylic acids is 1. The quantitative estimate of drug-likeness (QED) is 0.513. The van der Waals surface area contributed by atoms with Crippen molar-refractivity contribution in [1.82, 2.24) is 10.6 Å². The van der Waals surface area contributed by atoms with Gasteiger partial charge in [-0.2, -0.15) is 11.3 Å². The van der Waals surface area contributed by atoms with Gasteiger partial charge in [0.25, 0.3) is 0 Å². The van der Waals surface area contributed by atoms with Crippen LogP contribution in [0.2, 0.25) is 0 Å². The highest BCUT2D eigenvalue weighted by molar-refractivity contribution is 7.16. The zero-order chi connectivity index (χ0) is 18.2. The number of ether oxygens (including phenoxy) is 1. The molecule has 7 heteroatoms. The maximum Gasteiger partial charge on any atom is 0.315 e. The number of para-hydroxylation sites is 1. The topological polar surface area (TPSA) is 70.6 Å². The Morgan fingerprint density at radius 1 is 1.12 bits per heavy atom. The van der Waals surface area contributed by atoms with Crippen molar-refractivity contribution >= 4 is 28.7 Å². The van der Waals surface area contributed by atoms with E-state index in [9.17, 15) is 9.90 Å². The van der Waals surface area contributed by atoms with Gasteiger partial charge in [0.05, 0.1) is 13.1 Å². The van der Waals surface area contributed by atoms with Crippen molar-refractivity contribution in [2.45, 2.75) is 6.10 Å². The molecule has 3 N–H and O–H groups in total. The van der Waals surface area contributed by atoms with E-state index in [1.165, 1.54) is 11.3 Å². The van der Waals surface area contributed by atoms with Crippen molar-refractivity contribution < 1.29 is 14.6 Å².